The quantitative estimate of drug-likeness (QED) is 0.893. The summed E-state index contributed by atoms with van der Waals surface area (Å²) in [6.07, 6.45) is 1.94. The van der Waals surface area contributed by atoms with Crippen LogP contribution in [0.5, 0.6) is 0 Å². The Bertz CT molecular complexity index is 502. The van der Waals surface area contributed by atoms with Crippen LogP contribution >= 0.6 is 34.4 Å². The molecule has 2 rings (SSSR count). The zero-order valence-corrected chi connectivity index (χ0v) is 12.6. The molecule has 6 heteroatoms. The molecule has 0 fully saturated rings. The Balaban J connectivity index is 2.05. The molecule has 2 aromatic heterocycles. The number of rotatable bonds is 5. The Morgan fingerprint density at radius 3 is 2.94 bits per heavy atom. The van der Waals surface area contributed by atoms with Crippen molar-refractivity contribution in [3.8, 4) is 0 Å². The number of carbonyl (C=O) groups is 1. The Morgan fingerprint density at radius 2 is 2.33 bits per heavy atom. The molecule has 18 heavy (non-hydrogen) atoms. The minimum atomic E-state index is -0.0524. The van der Waals surface area contributed by atoms with Gasteiger partial charge in [-0.3, -0.25) is 4.79 Å². The van der Waals surface area contributed by atoms with E-state index in [-0.39, 0.29) is 23.8 Å². The van der Waals surface area contributed by atoms with Crippen LogP contribution in [0.4, 0.5) is 0 Å². The molecular formula is C12H15NO2S3. The van der Waals surface area contributed by atoms with Crippen LogP contribution in [0, 0.1) is 0 Å². The molecule has 3 nitrogen and oxygen atoms in total. The SMILES string of the molecule is CSC(CO)C(C)NC(=O)c1cc2sccc2s1. The second-order valence-corrected chi connectivity index (χ2v) is 7.09. The van der Waals surface area contributed by atoms with Crippen molar-refractivity contribution in [3.05, 3.63) is 22.4 Å². The molecule has 0 aromatic carbocycles. The van der Waals surface area contributed by atoms with Crippen LogP contribution in [0.15, 0.2) is 17.5 Å². The van der Waals surface area contributed by atoms with Gasteiger partial charge >= 0.3 is 0 Å². The van der Waals surface area contributed by atoms with E-state index in [1.807, 2.05) is 30.7 Å². The summed E-state index contributed by atoms with van der Waals surface area (Å²) in [6, 6.07) is 3.92. The third-order valence-electron chi connectivity index (χ3n) is 2.76. The number of aliphatic hydroxyl groups excluding tert-OH is 1. The van der Waals surface area contributed by atoms with Crippen LogP contribution in [-0.2, 0) is 0 Å². The molecule has 2 heterocycles. The lowest BCUT2D eigenvalue weighted by atomic mass is 10.2. The number of carbonyl (C=O) groups excluding carboxylic acids is 1. The molecule has 2 atom stereocenters. The summed E-state index contributed by atoms with van der Waals surface area (Å²) >= 11 is 4.72. The number of nitrogens with one attached hydrogen (secondary N) is 1. The predicted octanol–water partition coefficient (Wildman–Crippen LogP) is 2.81. The van der Waals surface area contributed by atoms with Crippen molar-refractivity contribution in [2.75, 3.05) is 12.9 Å². The van der Waals surface area contributed by atoms with Gasteiger partial charge in [0.1, 0.15) is 0 Å². The van der Waals surface area contributed by atoms with Gasteiger partial charge in [-0.1, -0.05) is 0 Å². The summed E-state index contributed by atoms with van der Waals surface area (Å²) in [5.41, 5.74) is 0. The van der Waals surface area contributed by atoms with E-state index in [4.69, 9.17) is 0 Å². The topological polar surface area (TPSA) is 49.3 Å². The highest BCUT2D eigenvalue weighted by molar-refractivity contribution is 7.99. The lowest BCUT2D eigenvalue weighted by molar-refractivity contribution is 0.0940. The summed E-state index contributed by atoms with van der Waals surface area (Å²) in [5, 5.41) is 14.2. The van der Waals surface area contributed by atoms with E-state index in [2.05, 4.69) is 5.32 Å². The van der Waals surface area contributed by atoms with E-state index in [0.29, 0.717) is 0 Å². The fourth-order valence-corrected chi connectivity index (χ4v) is 4.32. The second-order valence-electron chi connectivity index (χ2n) is 3.98. The van der Waals surface area contributed by atoms with E-state index in [1.54, 1.807) is 23.1 Å². The van der Waals surface area contributed by atoms with Crippen LogP contribution in [0.25, 0.3) is 9.40 Å². The van der Waals surface area contributed by atoms with Gasteiger partial charge in [0.25, 0.3) is 5.91 Å². The third-order valence-corrected chi connectivity index (χ3v) is 6.02. The number of hydrogen-bond donors (Lipinski definition) is 2. The molecule has 0 aliphatic rings. The fraction of sp³-hybridized carbons (Fsp3) is 0.417. The van der Waals surface area contributed by atoms with Crippen molar-refractivity contribution in [1.29, 1.82) is 0 Å². The fourth-order valence-electron chi connectivity index (χ4n) is 1.69. The van der Waals surface area contributed by atoms with Crippen LogP contribution in [-0.4, -0.2) is 35.2 Å². The standard InChI is InChI=1S/C12H15NO2S3/c1-7(11(6-14)16-2)13-12(15)10-5-9-8(18-10)3-4-17-9/h3-5,7,11,14H,6H2,1-2H3,(H,13,15). The van der Waals surface area contributed by atoms with Crippen molar-refractivity contribution >= 4 is 49.7 Å². The maximum atomic E-state index is 12.1. The van der Waals surface area contributed by atoms with Gasteiger partial charge in [0, 0.05) is 20.7 Å². The van der Waals surface area contributed by atoms with Crippen LogP contribution in [0.3, 0.4) is 0 Å². The number of amides is 1. The number of fused-ring (bicyclic) bond motifs is 1. The molecular weight excluding hydrogens is 286 g/mol. The Morgan fingerprint density at radius 1 is 1.56 bits per heavy atom. The largest absolute Gasteiger partial charge is 0.395 e. The van der Waals surface area contributed by atoms with E-state index < -0.39 is 0 Å². The summed E-state index contributed by atoms with van der Waals surface area (Å²) in [6.45, 7) is 1.99. The predicted molar refractivity (Wildman–Crippen MR) is 81.0 cm³/mol. The van der Waals surface area contributed by atoms with Gasteiger partial charge in [0.15, 0.2) is 0 Å². The van der Waals surface area contributed by atoms with E-state index >= 15 is 0 Å². The van der Waals surface area contributed by atoms with Crippen molar-refractivity contribution in [2.24, 2.45) is 0 Å². The van der Waals surface area contributed by atoms with Gasteiger partial charge in [-0.15, -0.1) is 22.7 Å². The van der Waals surface area contributed by atoms with E-state index in [1.165, 1.54) is 11.3 Å². The van der Waals surface area contributed by atoms with Crippen LogP contribution < -0.4 is 5.32 Å². The molecule has 98 valence electrons. The van der Waals surface area contributed by atoms with Crippen molar-refractivity contribution in [1.82, 2.24) is 5.32 Å². The first-order valence-electron chi connectivity index (χ1n) is 5.57. The number of thiophene rings is 2. The van der Waals surface area contributed by atoms with Crippen molar-refractivity contribution in [2.45, 2.75) is 18.2 Å². The smallest absolute Gasteiger partial charge is 0.261 e. The van der Waals surface area contributed by atoms with Gasteiger partial charge < -0.3 is 10.4 Å². The molecule has 0 aliphatic heterocycles. The zero-order chi connectivity index (χ0) is 13.1. The molecule has 2 N–H and O–H groups in total. The maximum absolute atomic E-state index is 12.1. The van der Waals surface area contributed by atoms with Crippen LogP contribution in [0.1, 0.15) is 16.6 Å². The molecule has 0 saturated heterocycles. The van der Waals surface area contributed by atoms with Gasteiger partial charge in [0.05, 0.1) is 11.5 Å². The molecule has 0 saturated carbocycles. The molecule has 0 radical (unpaired) electrons. The zero-order valence-electron chi connectivity index (χ0n) is 10.2. The molecule has 0 spiro atoms. The Labute approximate surface area is 118 Å². The first-order chi connectivity index (χ1) is 8.65. The summed E-state index contributed by atoms with van der Waals surface area (Å²) in [5.74, 6) is -0.0524. The normalized spacial score (nSPS) is 14.6. The second kappa shape index (κ2) is 6.06. The molecule has 2 aromatic rings. The minimum Gasteiger partial charge on any atom is -0.395 e. The van der Waals surface area contributed by atoms with Gasteiger partial charge in [-0.05, 0) is 30.7 Å². The highest BCUT2D eigenvalue weighted by Gasteiger charge is 2.19. The average Bonchev–Trinajstić information content (AvgIpc) is 2.90. The summed E-state index contributed by atoms with van der Waals surface area (Å²) in [7, 11) is 0. The lowest BCUT2D eigenvalue weighted by Crippen LogP contribution is -2.40. The average molecular weight is 301 g/mol. The lowest BCUT2D eigenvalue weighted by Gasteiger charge is -2.20. The first-order valence-corrected chi connectivity index (χ1v) is 8.55. The Kier molecular flexibility index (Phi) is 4.66. The van der Waals surface area contributed by atoms with E-state index in [0.717, 1.165) is 14.3 Å². The highest BCUT2D eigenvalue weighted by Crippen LogP contribution is 2.30. The van der Waals surface area contributed by atoms with E-state index in [9.17, 15) is 9.90 Å². The maximum Gasteiger partial charge on any atom is 0.261 e. The summed E-state index contributed by atoms with van der Waals surface area (Å²) < 4.78 is 2.31. The highest BCUT2D eigenvalue weighted by atomic mass is 32.2. The van der Waals surface area contributed by atoms with Gasteiger partial charge in [-0.25, -0.2) is 0 Å². The Hall–Kier alpha value is -0.560. The van der Waals surface area contributed by atoms with Crippen LogP contribution in [0.2, 0.25) is 0 Å². The third kappa shape index (κ3) is 2.88. The molecule has 1 amide bonds. The van der Waals surface area contributed by atoms with Gasteiger partial charge in [0.2, 0.25) is 0 Å². The summed E-state index contributed by atoms with van der Waals surface area (Å²) in [4.78, 5) is 12.8. The van der Waals surface area contributed by atoms with Gasteiger partial charge in [-0.2, -0.15) is 11.8 Å². The molecule has 0 bridgehead atoms. The number of hydrogen-bond acceptors (Lipinski definition) is 5. The van der Waals surface area contributed by atoms with Crippen molar-refractivity contribution < 1.29 is 9.90 Å². The van der Waals surface area contributed by atoms with Crippen molar-refractivity contribution in [3.63, 3.8) is 0 Å². The molecule has 0 aliphatic carbocycles. The number of thioether (sulfide) groups is 1. The first kappa shape index (κ1) is 13.9. The number of aliphatic hydroxyl groups is 1. The monoisotopic (exact) mass is 301 g/mol. The minimum absolute atomic E-state index is 0.0371. The molecule has 2 unspecified atom stereocenters.